The lowest BCUT2D eigenvalue weighted by Gasteiger charge is -2.11. The third kappa shape index (κ3) is 7.11. The summed E-state index contributed by atoms with van der Waals surface area (Å²) in [7, 11) is 0. The number of hydrogen-bond acceptors (Lipinski definition) is 9. The second kappa shape index (κ2) is 12.9. The van der Waals surface area contributed by atoms with Crippen LogP contribution in [0.3, 0.4) is 0 Å². The van der Waals surface area contributed by atoms with E-state index < -0.39 is 29.7 Å². The fraction of sp³-hybridized carbons (Fsp3) is 0.292. The van der Waals surface area contributed by atoms with Gasteiger partial charge in [-0.2, -0.15) is 0 Å². The zero-order valence-corrected chi connectivity index (χ0v) is 23.1. The number of hydrogen-bond donors (Lipinski definition) is 2. The number of nitrogens with zero attached hydrogens (tertiary/aromatic N) is 3. The van der Waals surface area contributed by atoms with Crippen molar-refractivity contribution in [2.75, 3.05) is 11.1 Å². The second-order valence-electron chi connectivity index (χ2n) is 8.08. The molecule has 0 spiro atoms. The van der Waals surface area contributed by atoms with Crippen molar-refractivity contribution in [1.82, 2.24) is 14.8 Å². The molecule has 14 heteroatoms. The summed E-state index contributed by atoms with van der Waals surface area (Å²) in [6.07, 6.45) is 1.24. The van der Waals surface area contributed by atoms with Crippen molar-refractivity contribution in [3.05, 3.63) is 63.5 Å². The van der Waals surface area contributed by atoms with Crippen LogP contribution in [-0.2, 0) is 22.7 Å². The van der Waals surface area contributed by atoms with Crippen molar-refractivity contribution in [3.8, 4) is 5.75 Å². The van der Waals surface area contributed by atoms with Gasteiger partial charge in [0.15, 0.2) is 11.0 Å². The number of nitrogens with one attached hydrogen (secondary N) is 1. The third-order valence-corrected chi connectivity index (χ3v) is 7.35. The Morgan fingerprint density at radius 2 is 2.08 bits per heavy atom. The molecule has 2 heterocycles. The molecule has 2 aromatic heterocycles. The molecule has 2 amide bonds. The summed E-state index contributed by atoms with van der Waals surface area (Å²) in [6, 6.07) is 3.99. The molecule has 0 aliphatic carbocycles. The maximum absolute atomic E-state index is 13.4. The van der Waals surface area contributed by atoms with Gasteiger partial charge in [-0.1, -0.05) is 29.4 Å². The van der Waals surface area contributed by atoms with E-state index in [1.54, 1.807) is 31.4 Å². The van der Waals surface area contributed by atoms with Gasteiger partial charge in [-0.3, -0.25) is 14.2 Å². The molecule has 38 heavy (non-hydrogen) atoms. The van der Waals surface area contributed by atoms with Crippen molar-refractivity contribution in [3.63, 3.8) is 0 Å². The molecule has 202 valence electrons. The molecule has 0 radical (unpaired) electrons. The molecule has 0 atom stereocenters. The minimum atomic E-state index is -0.712. The number of rotatable bonds is 12. The van der Waals surface area contributed by atoms with Crippen LogP contribution in [0.5, 0.6) is 5.75 Å². The number of primary amides is 1. The highest BCUT2D eigenvalue weighted by atomic mass is 35.5. The molecule has 1 aromatic carbocycles. The first kappa shape index (κ1) is 29.1. The van der Waals surface area contributed by atoms with Crippen LogP contribution < -0.4 is 15.8 Å². The number of nitrogens with two attached hydrogens (primary N) is 1. The fourth-order valence-corrected chi connectivity index (χ4v) is 5.21. The summed E-state index contributed by atoms with van der Waals surface area (Å²) in [5.41, 5.74) is 5.86. The fourth-order valence-electron chi connectivity index (χ4n) is 3.21. The van der Waals surface area contributed by atoms with Crippen LogP contribution in [0, 0.1) is 12.7 Å². The number of esters is 1. The highest BCUT2D eigenvalue weighted by Crippen LogP contribution is 2.34. The van der Waals surface area contributed by atoms with Gasteiger partial charge in [0.05, 0.1) is 27.3 Å². The first-order valence-corrected chi connectivity index (χ1v) is 13.4. The Labute approximate surface area is 231 Å². The molecule has 0 aliphatic rings. The van der Waals surface area contributed by atoms with Gasteiger partial charge in [0, 0.05) is 12.6 Å². The molecular formula is C24H25ClFN5O5S2. The van der Waals surface area contributed by atoms with E-state index in [0.29, 0.717) is 28.8 Å². The quantitative estimate of drug-likeness (QED) is 0.180. The average molecular weight is 582 g/mol. The van der Waals surface area contributed by atoms with Gasteiger partial charge >= 0.3 is 5.97 Å². The molecule has 3 rings (SSSR count). The van der Waals surface area contributed by atoms with E-state index in [-0.39, 0.29) is 32.8 Å². The van der Waals surface area contributed by atoms with Crippen molar-refractivity contribution in [2.45, 2.75) is 45.2 Å². The molecule has 0 unspecified atom stereocenters. The summed E-state index contributed by atoms with van der Waals surface area (Å²) in [5, 5.41) is 11.5. The van der Waals surface area contributed by atoms with E-state index in [9.17, 15) is 18.8 Å². The van der Waals surface area contributed by atoms with Gasteiger partial charge in [-0.15, -0.1) is 28.1 Å². The number of allylic oxidation sites excluding steroid dienone is 1. The lowest BCUT2D eigenvalue weighted by Crippen LogP contribution is -2.18. The maximum atomic E-state index is 13.4. The number of benzene rings is 1. The number of thiophene rings is 1. The first-order chi connectivity index (χ1) is 18.0. The summed E-state index contributed by atoms with van der Waals surface area (Å²) >= 11 is 7.81. The molecule has 3 N–H and O–H groups in total. The molecule has 0 aliphatic heterocycles. The Bertz CT molecular complexity index is 1370. The number of carbonyl (C=O) groups excluding carboxylic acids is 3. The smallest absolute Gasteiger partial charge is 0.341 e. The number of thioether (sulfide) groups is 1. The topological polar surface area (TPSA) is 138 Å². The lowest BCUT2D eigenvalue weighted by atomic mass is 10.1. The zero-order valence-electron chi connectivity index (χ0n) is 20.7. The van der Waals surface area contributed by atoms with Gasteiger partial charge in [-0.05, 0) is 38.5 Å². The second-order valence-corrected chi connectivity index (χ2v) is 10.4. The highest BCUT2D eigenvalue weighted by molar-refractivity contribution is 7.99. The SMILES string of the molecule is C=CCn1c(COc2ccc(F)c(Cl)c2)nnc1SCC(=O)Nc1sc(C(N)=O)c(C)c1C(=O)OC(C)C. The molecule has 0 saturated carbocycles. The minimum Gasteiger partial charge on any atom is -0.486 e. The van der Waals surface area contributed by atoms with Crippen LogP contribution in [0.2, 0.25) is 5.02 Å². The van der Waals surface area contributed by atoms with Gasteiger partial charge in [-0.25, -0.2) is 9.18 Å². The first-order valence-electron chi connectivity index (χ1n) is 11.2. The molecule has 0 bridgehead atoms. The van der Waals surface area contributed by atoms with E-state index in [2.05, 4.69) is 22.1 Å². The highest BCUT2D eigenvalue weighted by Gasteiger charge is 2.26. The van der Waals surface area contributed by atoms with Crippen molar-refractivity contribution in [2.24, 2.45) is 5.73 Å². The predicted molar refractivity (Wildman–Crippen MR) is 143 cm³/mol. The van der Waals surface area contributed by atoms with Crippen molar-refractivity contribution in [1.29, 1.82) is 0 Å². The molecule has 3 aromatic rings. The normalized spacial score (nSPS) is 10.9. The van der Waals surface area contributed by atoms with E-state index in [1.165, 1.54) is 18.2 Å². The summed E-state index contributed by atoms with van der Waals surface area (Å²) in [4.78, 5) is 37.4. The minimum absolute atomic E-state index is 0.0151. The summed E-state index contributed by atoms with van der Waals surface area (Å²) in [5.74, 6) is -1.65. The number of anilines is 1. The molecule has 0 fully saturated rings. The van der Waals surface area contributed by atoms with E-state index in [0.717, 1.165) is 23.1 Å². The van der Waals surface area contributed by atoms with Crippen LogP contribution in [0.15, 0.2) is 36.0 Å². The number of carbonyl (C=O) groups is 3. The maximum Gasteiger partial charge on any atom is 0.341 e. The number of halogens is 2. The van der Waals surface area contributed by atoms with Crippen molar-refractivity contribution < 1.29 is 28.2 Å². The Kier molecular flexibility index (Phi) is 9.89. The van der Waals surface area contributed by atoms with Gasteiger partial charge < -0.3 is 20.5 Å². The summed E-state index contributed by atoms with van der Waals surface area (Å²) in [6.45, 7) is 9.05. The lowest BCUT2D eigenvalue weighted by molar-refractivity contribution is -0.113. The van der Waals surface area contributed by atoms with E-state index in [4.69, 9.17) is 26.8 Å². The van der Waals surface area contributed by atoms with Crippen LogP contribution in [0.4, 0.5) is 9.39 Å². The van der Waals surface area contributed by atoms with E-state index >= 15 is 0 Å². The number of aromatic nitrogens is 3. The van der Waals surface area contributed by atoms with Gasteiger partial charge in [0.2, 0.25) is 5.91 Å². The van der Waals surface area contributed by atoms with Crippen molar-refractivity contribution >= 4 is 57.5 Å². The molecule has 10 nitrogen and oxygen atoms in total. The Morgan fingerprint density at radius 3 is 2.71 bits per heavy atom. The Hall–Kier alpha value is -3.42. The standard InChI is InChI=1S/C24H25ClFN5O5S2/c1-5-8-31-17(10-35-14-6-7-16(26)15(25)9-14)29-30-24(31)37-11-18(32)28-22-19(23(34)36-12(2)3)13(4)20(38-22)21(27)33/h5-7,9,12H,1,8,10-11H2,2-4H3,(H2,27,33)(H,28,32). The van der Waals surface area contributed by atoms with Crippen LogP contribution >= 0.6 is 34.7 Å². The largest absolute Gasteiger partial charge is 0.486 e. The van der Waals surface area contributed by atoms with Gasteiger partial charge in [0.25, 0.3) is 5.91 Å². The monoisotopic (exact) mass is 581 g/mol. The van der Waals surface area contributed by atoms with Crippen LogP contribution in [-0.4, -0.2) is 44.4 Å². The molecular weight excluding hydrogens is 557 g/mol. The summed E-state index contributed by atoms with van der Waals surface area (Å²) < 4.78 is 26.0. The Morgan fingerprint density at radius 1 is 1.34 bits per heavy atom. The third-order valence-electron chi connectivity index (χ3n) is 4.87. The van der Waals surface area contributed by atoms with E-state index in [1.807, 2.05) is 0 Å². The number of ether oxygens (including phenoxy) is 2. The molecule has 0 saturated heterocycles. The van der Waals surface area contributed by atoms with Crippen LogP contribution in [0.1, 0.15) is 45.3 Å². The predicted octanol–water partition coefficient (Wildman–Crippen LogP) is 4.60. The Balaban J connectivity index is 1.71. The van der Waals surface area contributed by atoms with Gasteiger partial charge in [0.1, 0.15) is 23.2 Å². The zero-order chi connectivity index (χ0) is 28.0. The van der Waals surface area contributed by atoms with Crippen LogP contribution in [0.25, 0.3) is 0 Å². The number of amides is 2. The average Bonchev–Trinajstić information content (AvgIpc) is 3.38.